The molecule has 1 N–H and O–H groups in total. The van der Waals surface area contributed by atoms with Crippen molar-refractivity contribution in [3.8, 4) is 11.6 Å². The van der Waals surface area contributed by atoms with Gasteiger partial charge in [0.15, 0.2) is 11.6 Å². The number of ether oxygens (including phenoxy) is 1. The number of aromatic nitrogens is 2. The first-order valence-corrected chi connectivity index (χ1v) is 9.91. The molecule has 0 bridgehead atoms. The van der Waals surface area contributed by atoms with E-state index in [0.29, 0.717) is 17.3 Å². The highest BCUT2D eigenvalue weighted by atomic mass is 16.5. The van der Waals surface area contributed by atoms with Gasteiger partial charge in [-0.25, -0.2) is 4.98 Å². The third kappa shape index (κ3) is 4.89. The molecule has 1 aliphatic carbocycles. The molecule has 1 unspecified atom stereocenters. The zero-order valence-corrected chi connectivity index (χ0v) is 18.0. The van der Waals surface area contributed by atoms with Gasteiger partial charge in [-0.05, 0) is 59.2 Å². The lowest BCUT2D eigenvalue weighted by Crippen LogP contribution is -2.18. The van der Waals surface area contributed by atoms with Crippen molar-refractivity contribution in [2.75, 3.05) is 0 Å². The number of imidazole rings is 1. The second kappa shape index (κ2) is 8.16. The Morgan fingerprint density at radius 1 is 1.31 bits per heavy atom. The first-order valence-electron chi connectivity index (χ1n) is 9.91. The molecule has 2 aromatic rings. The van der Waals surface area contributed by atoms with E-state index >= 15 is 0 Å². The highest BCUT2D eigenvalue weighted by molar-refractivity contribution is 5.76. The van der Waals surface area contributed by atoms with Crippen LogP contribution in [0.4, 0.5) is 0 Å². The lowest BCUT2D eigenvalue weighted by Gasteiger charge is -2.23. The van der Waals surface area contributed by atoms with Crippen LogP contribution in [0.25, 0.3) is 17.2 Å². The fraction of sp³-hybridized carbons (Fsp3) is 0.320. The summed E-state index contributed by atoms with van der Waals surface area (Å²) in [6.45, 7) is 18.0. The molecule has 0 fully saturated rings. The first kappa shape index (κ1) is 20.7. The van der Waals surface area contributed by atoms with Gasteiger partial charge in [0.25, 0.3) is 0 Å². The summed E-state index contributed by atoms with van der Waals surface area (Å²) in [5, 5.41) is 0. The monoisotopic (exact) mass is 390 g/mol. The Morgan fingerprint density at radius 3 is 2.69 bits per heavy atom. The molecule has 0 saturated carbocycles. The van der Waals surface area contributed by atoms with Crippen LogP contribution in [-0.4, -0.2) is 15.6 Å². The molecule has 0 aliphatic heterocycles. The van der Waals surface area contributed by atoms with E-state index in [1.807, 2.05) is 39.0 Å². The number of hydrogen-bond acceptors (Lipinski definition) is 3. The second-order valence-corrected chi connectivity index (χ2v) is 8.36. The predicted molar refractivity (Wildman–Crippen MR) is 119 cm³/mol. The van der Waals surface area contributed by atoms with Gasteiger partial charge in [0.1, 0.15) is 17.1 Å². The third-order valence-electron chi connectivity index (χ3n) is 4.68. The molecule has 2 heterocycles. The van der Waals surface area contributed by atoms with Gasteiger partial charge in [-0.15, -0.1) is 0 Å². The summed E-state index contributed by atoms with van der Waals surface area (Å²) in [5.41, 5.74) is 3.83. The van der Waals surface area contributed by atoms with Crippen LogP contribution in [0, 0.1) is 6.92 Å². The summed E-state index contributed by atoms with van der Waals surface area (Å²) in [4.78, 5) is 8.20. The normalized spacial score (nSPS) is 17.2. The smallest absolute Gasteiger partial charge is 0.174 e. The maximum atomic E-state index is 6.11. The predicted octanol–water partition coefficient (Wildman–Crippen LogP) is 6.87. The van der Waals surface area contributed by atoms with Gasteiger partial charge in [0.2, 0.25) is 0 Å². The molecule has 1 aliphatic rings. The number of hydrogen-bond donors (Lipinski definition) is 1. The van der Waals surface area contributed by atoms with E-state index in [1.54, 1.807) is 6.08 Å². The minimum absolute atomic E-state index is 0.286. The number of rotatable bonds is 6. The number of nitrogens with zero attached hydrogens (tertiary/aromatic N) is 1. The minimum atomic E-state index is -0.347. The molecule has 4 heteroatoms. The molecule has 0 aromatic carbocycles. The zero-order valence-electron chi connectivity index (χ0n) is 18.0. The standard InChI is InChI=1S/C25H30N2O2/c1-8-9-20(18(4)29-25(5,6)7)21-14-15-22(28-21)24-26-17(3)23(27-24)19-12-10-16(2)11-13-19/h8-12,14-15,19H,1,4,13H2,2-3,5-7H3,(H,26,27)/b20-9+. The molecule has 4 nitrogen and oxygen atoms in total. The maximum absolute atomic E-state index is 6.11. The van der Waals surface area contributed by atoms with Crippen molar-refractivity contribution in [1.82, 2.24) is 9.97 Å². The molecule has 3 rings (SSSR count). The van der Waals surface area contributed by atoms with E-state index in [-0.39, 0.29) is 11.5 Å². The quantitative estimate of drug-likeness (QED) is 0.433. The van der Waals surface area contributed by atoms with Crippen molar-refractivity contribution in [3.05, 3.63) is 84.2 Å². The molecular weight excluding hydrogens is 360 g/mol. The molecule has 1 atom stereocenters. The number of furan rings is 1. The van der Waals surface area contributed by atoms with E-state index < -0.39 is 0 Å². The number of nitrogens with one attached hydrogen (secondary N) is 1. The van der Waals surface area contributed by atoms with Crippen molar-refractivity contribution in [3.63, 3.8) is 0 Å². The van der Waals surface area contributed by atoms with E-state index in [1.165, 1.54) is 5.57 Å². The van der Waals surface area contributed by atoms with Gasteiger partial charge in [-0.2, -0.15) is 0 Å². The van der Waals surface area contributed by atoms with E-state index in [0.717, 1.165) is 29.2 Å². The minimum Gasteiger partial charge on any atom is -0.488 e. The second-order valence-electron chi connectivity index (χ2n) is 8.36. The van der Waals surface area contributed by atoms with Crippen molar-refractivity contribution >= 4 is 5.57 Å². The van der Waals surface area contributed by atoms with Crippen LogP contribution in [0.1, 0.15) is 57.2 Å². The van der Waals surface area contributed by atoms with Crippen molar-refractivity contribution in [1.29, 1.82) is 0 Å². The Kier molecular flexibility index (Phi) is 5.83. The highest BCUT2D eigenvalue weighted by Crippen LogP contribution is 2.33. The Hall–Kier alpha value is -3.01. The van der Waals surface area contributed by atoms with Gasteiger partial charge in [0.05, 0.1) is 11.3 Å². The summed E-state index contributed by atoms with van der Waals surface area (Å²) in [5.74, 6) is 2.91. The fourth-order valence-corrected chi connectivity index (χ4v) is 3.35. The number of allylic oxidation sites excluding steroid dienone is 7. The number of aromatic amines is 1. The number of H-pyrrole nitrogens is 1. The lowest BCUT2D eigenvalue weighted by atomic mass is 9.93. The molecule has 0 spiro atoms. The van der Waals surface area contributed by atoms with Crippen LogP contribution in [0.5, 0.6) is 0 Å². The van der Waals surface area contributed by atoms with Gasteiger partial charge in [0, 0.05) is 11.6 Å². The van der Waals surface area contributed by atoms with Crippen molar-refractivity contribution < 1.29 is 9.15 Å². The lowest BCUT2D eigenvalue weighted by molar-refractivity contribution is 0.0628. The first-order chi connectivity index (χ1) is 13.7. The largest absolute Gasteiger partial charge is 0.488 e. The van der Waals surface area contributed by atoms with E-state index in [2.05, 4.69) is 50.2 Å². The molecule has 0 radical (unpaired) electrons. The zero-order chi connectivity index (χ0) is 21.2. The molecule has 29 heavy (non-hydrogen) atoms. The van der Waals surface area contributed by atoms with E-state index in [4.69, 9.17) is 14.1 Å². The summed E-state index contributed by atoms with van der Waals surface area (Å²) < 4.78 is 12.0. The SMILES string of the molecule is C=C/C=C(\C(=C)OC(C)(C)C)c1ccc(-c2nc(C3C=CC(C)=CC3)c(C)[nH]2)o1. The molecular formula is C25H30N2O2. The summed E-state index contributed by atoms with van der Waals surface area (Å²) in [6, 6.07) is 3.82. The topological polar surface area (TPSA) is 51.0 Å². The van der Waals surface area contributed by atoms with Crippen molar-refractivity contribution in [2.24, 2.45) is 0 Å². The maximum Gasteiger partial charge on any atom is 0.174 e. The molecule has 2 aromatic heterocycles. The van der Waals surface area contributed by atoms with Crippen LogP contribution < -0.4 is 0 Å². The van der Waals surface area contributed by atoms with E-state index in [9.17, 15) is 0 Å². The average Bonchev–Trinajstić information content (AvgIpc) is 3.25. The van der Waals surface area contributed by atoms with Gasteiger partial charge >= 0.3 is 0 Å². The Balaban J connectivity index is 1.87. The molecule has 152 valence electrons. The van der Waals surface area contributed by atoms with Crippen LogP contribution >= 0.6 is 0 Å². The van der Waals surface area contributed by atoms with Crippen LogP contribution in [0.15, 0.2) is 71.4 Å². The Morgan fingerprint density at radius 2 is 2.07 bits per heavy atom. The Bertz CT molecular complexity index is 1010. The van der Waals surface area contributed by atoms with Crippen molar-refractivity contribution in [2.45, 2.75) is 52.6 Å². The highest BCUT2D eigenvalue weighted by Gasteiger charge is 2.21. The van der Waals surface area contributed by atoms with Crippen LogP contribution in [-0.2, 0) is 4.74 Å². The van der Waals surface area contributed by atoms with Gasteiger partial charge in [-0.1, -0.05) is 43.0 Å². The molecule has 0 saturated heterocycles. The van der Waals surface area contributed by atoms with Gasteiger partial charge < -0.3 is 14.1 Å². The average molecular weight is 391 g/mol. The summed E-state index contributed by atoms with van der Waals surface area (Å²) in [7, 11) is 0. The van der Waals surface area contributed by atoms with Gasteiger partial charge in [-0.3, -0.25) is 0 Å². The fourth-order valence-electron chi connectivity index (χ4n) is 3.35. The summed E-state index contributed by atoms with van der Waals surface area (Å²) >= 11 is 0. The van der Waals surface area contributed by atoms with Crippen LogP contribution in [0.3, 0.4) is 0 Å². The summed E-state index contributed by atoms with van der Waals surface area (Å²) in [6.07, 6.45) is 11.1. The molecule has 0 amide bonds. The third-order valence-corrected chi connectivity index (χ3v) is 4.68. The van der Waals surface area contributed by atoms with Crippen LogP contribution in [0.2, 0.25) is 0 Å². The number of aryl methyl sites for hydroxylation is 1. The Labute approximate surface area is 173 Å².